The number of carbonyl (C=O) groups excluding carboxylic acids is 1. The van der Waals surface area contributed by atoms with E-state index >= 15 is 0 Å². The molecule has 1 aromatic rings. The molecule has 0 saturated heterocycles. The van der Waals surface area contributed by atoms with Gasteiger partial charge in [0.05, 0.1) is 12.1 Å². The van der Waals surface area contributed by atoms with Gasteiger partial charge in [0.1, 0.15) is 5.75 Å². The van der Waals surface area contributed by atoms with Gasteiger partial charge in [0, 0.05) is 0 Å². The third-order valence-corrected chi connectivity index (χ3v) is 2.99. The van der Waals surface area contributed by atoms with E-state index in [-0.39, 0.29) is 28.6 Å². The maximum atomic E-state index is 11.3. The summed E-state index contributed by atoms with van der Waals surface area (Å²) < 4.78 is 0. The van der Waals surface area contributed by atoms with Crippen molar-refractivity contribution in [1.29, 1.82) is 0 Å². The largest absolute Gasteiger partial charge is 0.506 e. The van der Waals surface area contributed by atoms with Gasteiger partial charge in [-0.15, -0.1) is 17.0 Å². The summed E-state index contributed by atoms with van der Waals surface area (Å²) >= 11 is 0. The summed E-state index contributed by atoms with van der Waals surface area (Å²) in [5, 5.41) is 15.7. The highest BCUT2D eigenvalue weighted by Crippen LogP contribution is 2.34. The standard InChI is InChI=1S/C13H18N2O2.BrH/c1-2-6-14-7-5-9-3-4-11(16)13-10(9)8-12(17)15-13;/h3-4,14,16H,2,5-8H2,1H3,(H,15,17);1H. The lowest BCUT2D eigenvalue weighted by Crippen LogP contribution is -2.18. The first kappa shape index (κ1) is 15.0. The normalized spacial score (nSPS) is 12.8. The lowest BCUT2D eigenvalue weighted by atomic mass is 10.0. The Morgan fingerprint density at radius 3 is 2.89 bits per heavy atom. The number of hydrogen-bond donors (Lipinski definition) is 3. The molecule has 0 saturated carbocycles. The van der Waals surface area contributed by atoms with E-state index in [0.717, 1.165) is 37.1 Å². The Labute approximate surface area is 118 Å². The predicted octanol–water partition coefficient (Wildman–Crippen LogP) is 2.01. The van der Waals surface area contributed by atoms with E-state index in [1.165, 1.54) is 0 Å². The van der Waals surface area contributed by atoms with Gasteiger partial charge in [-0.3, -0.25) is 4.79 Å². The zero-order valence-corrected chi connectivity index (χ0v) is 12.2. The van der Waals surface area contributed by atoms with E-state index in [1.807, 2.05) is 6.07 Å². The van der Waals surface area contributed by atoms with Gasteiger partial charge in [0.25, 0.3) is 0 Å². The van der Waals surface area contributed by atoms with Crippen molar-refractivity contribution in [3.05, 3.63) is 23.3 Å². The van der Waals surface area contributed by atoms with Gasteiger partial charge in [0.2, 0.25) is 5.91 Å². The van der Waals surface area contributed by atoms with Crippen LogP contribution in [-0.4, -0.2) is 24.1 Å². The maximum absolute atomic E-state index is 11.3. The molecule has 0 radical (unpaired) electrons. The predicted molar refractivity (Wildman–Crippen MR) is 77.6 cm³/mol. The zero-order chi connectivity index (χ0) is 12.3. The number of hydrogen-bond acceptors (Lipinski definition) is 3. The molecule has 0 atom stereocenters. The number of amides is 1. The molecule has 1 aliphatic heterocycles. The molecule has 2 rings (SSSR count). The fraction of sp³-hybridized carbons (Fsp3) is 0.462. The Balaban J connectivity index is 0.00000162. The van der Waals surface area contributed by atoms with Crippen LogP contribution in [0, 0.1) is 0 Å². The molecule has 1 heterocycles. The van der Waals surface area contributed by atoms with Crippen molar-refractivity contribution >= 4 is 28.6 Å². The molecule has 3 N–H and O–H groups in total. The molecule has 0 fully saturated rings. The van der Waals surface area contributed by atoms with Gasteiger partial charge in [-0.2, -0.15) is 0 Å². The Hall–Kier alpha value is -1.07. The SMILES string of the molecule is Br.CCCNCCc1ccc(O)c2c1CC(=O)N2. The number of fused-ring (bicyclic) bond motifs is 1. The molecule has 18 heavy (non-hydrogen) atoms. The molecule has 0 bridgehead atoms. The van der Waals surface area contributed by atoms with Crippen molar-refractivity contribution in [2.45, 2.75) is 26.2 Å². The highest BCUT2D eigenvalue weighted by Gasteiger charge is 2.23. The molecule has 0 aliphatic carbocycles. The van der Waals surface area contributed by atoms with Crippen LogP contribution in [0.15, 0.2) is 12.1 Å². The summed E-state index contributed by atoms with van der Waals surface area (Å²) in [5.41, 5.74) is 2.69. The number of aromatic hydroxyl groups is 1. The first-order chi connectivity index (χ1) is 8.22. The lowest BCUT2D eigenvalue weighted by molar-refractivity contribution is -0.115. The van der Waals surface area contributed by atoms with Crippen LogP contribution in [0.2, 0.25) is 0 Å². The number of carbonyl (C=O) groups is 1. The third-order valence-electron chi connectivity index (χ3n) is 2.99. The van der Waals surface area contributed by atoms with Gasteiger partial charge >= 0.3 is 0 Å². The average molecular weight is 315 g/mol. The van der Waals surface area contributed by atoms with Gasteiger partial charge in [-0.05, 0) is 43.1 Å². The lowest BCUT2D eigenvalue weighted by Gasteiger charge is -2.09. The third kappa shape index (κ3) is 3.23. The maximum Gasteiger partial charge on any atom is 0.228 e. The van der Waals surface area contributed by atoms with E-state index in [2.05, 4.69) is 17.6 Å². The van der Waals surface area contributed by atoms with Gasteiger partial charge in [0.15, 0.2) is 0 Å². The van der Waals surface area contributed by atoms with E-state index < -0.39 is 0 Å². The van der Waals surface area contributed by atoms with Crippen molar-refractivity contribution in [1.82, 2.24) is 5.32 Å². The monoisotopic (exact) mass is 314 g/mol. The van der Waals surface area contributed by atoms with Crippen molar-refractivity contribution in [2.75, 3.05) is 18.4 Å². The molecular weight excluding hydrogens is 296 g/mol. The highest BCUT2D eigenvalue weighted by molar-refractivity contribution is 8.93. The first-order valence-electron chi connectivity index (χ1n) is 6.06. The summed E-state index contributed by atoms with van der Waals surface area (Å²) in [7, 11) is 0. The number of benzene rings is 1. The Kier molecular flexibility index (Phi) is 5.62. The number of anilines is 1. The molecule has 100 valence electrons. The minimum absolute atomic E-state index is 0. The van der Waals surface area contributed by atoms with E-state index in [0.29, 0.717) is 12.1 Å². The van der Waals surface area contributed by atoms with Crippen LogP contribution in [0.5, 0.6) is 5.75 Å². The number of phenolic OH excluding ortho intramolecular Hbond substituents is 1. The molecule has 0 unspecified atom stereocenters. The van der Waals surface area contributed by atoms with E-state index in [4.69, 9.17) is 0 Å². The molecule has 4 nitrogen and oxygen atoms in total. The van der Waals surface area contributed by atoms with Crippen LogP contribution in [0.25, 0.3) is 0 Å². The van der Waals surface area contributed by atoms with Crippen LogP contribution >= 0.6 is 17.0 Å². The van der Waals surface area contributed by atoms with E-state index in [1.54, 1.807) is 6.07 Å². The van der Waals surface area contributed by atoms with Crippen molar-refractivity contribution in [3.8, 4) is 5.75 Å². The summed E-state index contributed by atoms with van der Waals surface area (Å²) in [4.78, 5) is 11.3. The summed E-state index contributed by atoms with van der Waals surface area (Å²) in [6.45, 7) is 4.05. The second-order valence-corrected chi connectivity index (χ2v) is 4.32. The van der Waals surface area contributed by atoms with Crippen LogP contribution in [-0.2, 0) is 17.6 Å². The summed E-state index contributed by atoms with van der Waals surface area (Å²) in [5.74, 6) is 0.125. The fourth-order valence-electron chi connectivity index (χ4n) is 2.12. The number of rotatable bonds is 5. The van der Waals surface area contributed by atoms with Crippen molar-refractivity contribution in [2.24, 2.45) is 0 Å². The smallest absolute Gasteiger partial charge is 0.228 e. The van der Waals surface area contributed by atoms with Gasteiger partial charge in [-0.25, -0.2) is 0 Å². The molecule has 0 spiro atoms. The Morgan fingerprint density at radius 2 is 2.17 bits per heavy atom. The first-order valence-corrected chi connectivity index (χ1v) is 6.06. The Morgan fingerprint density at radius 1 is 1.39 bits per heavy atom. The molecule has 1 amide bonds. The van der Waals surface area contributed by atoms with Crippen LogP contribution in [0.3, 0.4) is 0 Å². The Bertz CT molecular complexity index is 435. The zero-order valence-electron chi connectivity index (χ0n) is 10.5. The summed E-state index contributed by atoms with van der Waals surface area (Å²) in [6.07, 6.45) is 2.39. The van der Waals surface area contributed by atoms with Crippen molar-refractivity contribution in [3.63, 3.8) is 0 Å². The molecule has 0 aromatic heterocycles. The minimum atomic E-state index is -0.0377. The number of nitrogens with one attached hydrogen (secondary N) is 2. The van der Waals surface area contributed by atoms with Crippen molar-refractivity contribution < 1.29 is 9.90 Å². The van der Waals surface area contributed by atoms with Gasteiger partial charge in [-0.1, -0.05) is 13.0 Å². The minimum Gasteiger partial charge on any atom is -0.506 e. The molecule has 1 aliphatic rings. The summed E-state index contributed by atoms with van der Waals surface area (Å²) in [6, 6.07) is 3.56. The quantitative estimate of drug-likeness (QED) is 0.575. The molecule has 1 aromatic carbocycles. The topological polar surface area (TPSA) is 61.4 Å². The van der Waals surface area contributed by atoms with Crippen LogP contribution in [0.1, 0.15) is 24.5 Å². The van der Waals surface area contributed by atoms with Crippen LogP contribution < -0.4 is 10.6 Å². The highest BCUT2D eigenvalue weighted by atomic mass is 79.9. The molecule has 5 heteroatoms. The fourth-order valence-corrected chi connectivity index (χ4v) is 2.12. The average Bonchev–Trinajstić information content (AvgIpc) is 2.70. The number of phenols is 1. The second-order valence-electron chi connectivity index (χ2n) is 4.32. The van der Waals surface area contributed by atoms with E-state index in [9.17, 15) is 9.90 Å². The molecular formula is C13H19BrN2O2. The van der Waals surface area contributed by atoms with Gasteiger partial charge < -0.3 is 15.7 Å². The van der Waals surface area contributed by atoms with Crippen LogP contribution in [0.4, 0.5) is 5.69 Å². The number of halogens is 1. The second kappa shape index (κ2) is 6.75.